The van der Waals surface area contributed by atoms with E-state index in [0.29, 0.717) is 0 Å². The minimum absolute atomic E-state index is 0.102. The van der Waals surface area contributed by atoms with Crippen LogP contribution in [0.25, 0.3) is 76.9 Å². The third-order valence-corrected chi connectivity index (χ3v) is 14.2. The van der Waals surface area contributed by atoms with Crippen molar-refractivity contribution in [3.63, 3.8) is 0 Å². The second-order valence-corrected chi connectivity index (χ2v) is 18.0. The Labute approximate surface area is 394 Å². The van der Waals surface area contributed by atoms with Crippen LogP contribution in [-0.2, 0) is 0 Å². The molecule has 14 rings (SSSR count). The number of rotatable bonds is 7. The van der Waals surface area contributed by atoms with E-state index in [9.17, 15) is 0 Å². The van der Waals surface area contributed by atoms with Gasteiger partial charge in [0.25, 0.3) is 0 Å². The van der Waals surface area contributed by atoms with Crippen molar-refractivity contribution in [1.82, 2.24) is 0 Å². The molecule has 12 aromatic rings. The van der Waals surface area contributed by atoms with Gasteiger partial charge in [-0.1, -0.05) is 158 Å². The van der Waals surface area contributed by atoms with E-state index in [0.717, 1.165) is 72.5 Å². The van der Waals surface area contributed by atoms with Crippen LogP contribution in [0.1, 0.15) is 17.0 Å². The third-order valence-electron chi connectivity index (χ3n) is 14.2. The Morgan fingerprint density at radius 1 is 0.382 bits per heavy atom. The zero-order chi connectivity index (χ0) is 44.7. The summed E-state index contributed by atoms with van der Waals surface area (Å²) in [6.45, 7) is 0. The van der Waals surface area contributed by atoms with Gasteiger partial charge in [-0.15, -0.1) is 0 Å². The first kappa shape index (κ1) is 38.4. The molecule has 0 fully saturated rings. The maximum absolute atomic E-state index is 6.71. The molecule has 2 atom stereocenters. The van der Waals surface area contributed by atoms with Crippen molar-refractivity contribution in [3.05, 3.63) is 254 Å². The van der Waals surface area contributed by atoms with Gasteiger partial charge in [-0.2, -0.15) is 0 Å². The average molecular weight is 871 g/mol. The highest BCUT2D eigenvalue weighted by molar-refractivity contribution is 6.09. The average Bonchev–Trinajstić information content (AvgIpc) is 4.07. The Kier molecular flexibility index (Phi) is 8.68. The summed E-state index contributed by atoms with van der Waals surface area (Å²) < 4.78 is 13.1. The molecule has 11 aromatic carbocycles. The highest BCUT2D eigenvalue weighted by Gasteiger charge is 2.47. The largest absolute Gasteiger partial charge is 0.469 e. The van der Waals surface area contributed by atoms with Crippen LogP contribution in [0.5, 0.6) is 5.75 Å². The van der Waals surface area contributed by atoms with Gasteiger partial charge in [0.1, 0.15) is 16.9 Å². The van der Waals surface area contributed by atoms with Gasteiger partial charge >= 0.3 is 0 Å². The molecule has 4 heteroatoms. The molecule has 0 saturated heterocycles. The van der Waals surface area contributed by atoms with Crippen LogP contribution in [0.15, 0.2) is 247 Å². The molecule has 2 aliphatic heterocycles. The summed E-state index contributed by atoms with van der Waals surface area (Å²) in [5.74, 6) is 1.06. The van der Waals surface area contributed by atoms with E-state index in [4.69, 9.17) is 9.15 Å². The molecule has 0 aliphatic carbocycles. The highest BCUT2D eigenvalue weighted by Crippen LogP contribution is 2.55. The van der Waals surface area contributed by atoms with Crippen LogP contribution in [0, 0.1) is 0 Å². The lowest BCUT2D eigenvalue weighted by atomic mass is 9.91. The number of anilines is 5. The van der Waals surface area contributed by atoms with Crippen LogP contribution in [0.3, 0.4) is 0 Å². The molecule has 0 bridgehead atoms. The van der Waals surface area contributed by atoms with Crippen molar-refractivity contribution in [2.45, 2.75) is 12.1 Å². The van der Waals surface area contributed by atoms with E-state index in [2.05, 4.69) is 240 Å². The first-order valence-electron chi connectivity index (χ1n) is 23.4. The van der Waals surface area contributed by atoms with Crippen LogP contribution in [0.2, 0.25) is 0 Å². The van der Waals surface area contributed by atoms with E-state index < -0.39 is 0 Å². The Morgan fingerprint density at radius 3 is 1.81 bits per heavy atom. The zero-order valence-corrected chi connectivity index (χ0v) is 37.0. The number of hydrogen-bond donors (Lipinski definition) is 0. The predicted octanol–water partition coefficient (Wildman–Crippen LogP) is 17.4. The van der Waals surface area contributed by atoms with Gasteiger partial charge < -0.3 is 19.0 Å². The molecule has 0 saturated carbocycles. The molecular formula is C64H42N2O2. The van der Waals surface area contributed by atoms with E-state index in [1.807, 2.05) is 12.1 Å². The number of hydrogen-bond acceptors (Lipinski definition) is 4. The molecule has 0 radical (unpaired) electrons. The smallest absolute Gasteiger partial charge is 0.187 e. The summed E-state index contributed by atoms with van der Waals surface area (Å²) in [6.07, 6.45) is -0.141. The van der Waals surface area contributed by atoms with Gasteiger partial charge in [0.15, 0.2) is 6.23 Å². The molecule has 3 heterocycles. The summed E-state index contributed by atoms with van der Waals surface area (Å²) in [5.41, 5.74) is 16.9. The monoisotopic (exact) mass is 870 g/mol. The summed E-state index contributed by atoms with van der Waals surface area (Å²) in [7, 11) is 0. The molecule has 68 heavy (non-hydrogen) atoms. The van der Waals surface area contributed by atoms with Gasteiger partial charge in [-0.25, -0.2) is 0 Å². The molecular weight excluding hydrogens is 829 g/mol. The number of furan rings is 1. The molecule has 2 aliphatic rings. The molecule has 4 nitrogen and oxygen atoms in total. The Bertz CT molecular complexity index is 3910. The highest BCUT2D eigenvalue weighted by atomic mass is 16.5. The molecule has 1 aromatic heterocycles. The van der Waals surface area contributed by atoms with Gasteiger partial charge in [0.05, 0.1) is 11.6 Å². The predicted molar refractivity (Wildman–Crippen MR) is 281 cm³/mol. The lowest BCUT2D eigenvalue weighted by Crippen LogP contribution is -2.32. The molecule has 0 N–H and O–H groups in total. The number of fused-ring (bicyclic) bond motifs is 10. The second kappa shape index (κ2) is 15.4. The van der Waals surface area contributed by atoms with Gasteiger partial charge in [0, 0.05) is 44.5 Å². The van der Waals surface area contributed by atoms with Crippen LogP contribution in [-0.4, -0.2) is 6.23 Å². The standard InChI is InChI=1S/C64H42N2O2/c1-2-14-48(15-3-1)66-59-36-29-46(39-57(59)63-56-19-9-11-21-61(56)68-64(63)66)43-26-32-50(33-27-43)65(49-30-24-42(25-31-49)45-23-22-41-12-4-5-13-44(41)38-45)58-37-35-51(52-16-6-7-17-53(52)58)47-28-34-55-54-18-8-10-20-60(54)67-62(55)40-47/h1-40,63-64H. The van der Waals surface area contributed by atoms with Crippen molar-refractivity contribution in [3.8, 4) is 39.1 Å². The lowest BCUT2D eigenvalue weighted by Gasteiger charge is -2.28. The summed E-state index contributed by atoms with van der Waals surface area (Å²) in [4.78, 5) is 4.77. The number of nitrogens with zero attached hydrogens (tertiary/aromatic N) is 2. The lowest BCUT2D eigenvalue weighted by molar-refractivity contribution is 0.234. The van der Waals surface area contributed by atoms with Crippen molar-refractivity contribution in [1.29, 1.82) is 0 Å². The molecule has 2 unspecified atom stereocenters. The topological polar surface area (TPSA) is 28.9 Å². The van der Waals surface area contributed by atoms with Crippen molar-refractivity contribution >= 4 is 71.9 Å². The summed E-state index contributed by atoms with van der Waals surface area (Å²) >= 11 is 0. The maximum atomic E-state index is 6.71. The fraction of sp³-hybridized carbons (Fsp3) is 0.0312. The van der Waals surface area contributed by atoms with Crippen LogP contribution < -0.4 is 14.5 Å². The Balaban J connectivity index is 0.876. The van der Waals surface area contributed by atoms with Crippen molar-refractivity contribution in [2.75, 3.05) is 9.80 Å². The molecule has 0 spiro atoms. The van der Waals surface area contributed by atoms with E-state index in [-0.39, 0.29) is 12.1 Å². The third kappa shape index (κ3) is 6.15. The van der Waals surface area contributed by atoms with E-state index in [1.54, 1.807) is 0 Å². The van der Waals surface area contributed by atoms with Crippen molar-refractivity contribution < 1.29 is 9.15 Å². The van der Waals surface area contributed by atoms with Crippen molar-refractivity contribution in [2.24, 2.45) is 0 Å². The number of benzene rings is 11. The van der Waals surface area contributed by atoms with Gasteiger partial charge in [-0.05, 0) is 140 Å². The Morgan fingerprint density at radius 2 is 1.00 bits per heavy atom. The van der Waals surface area contributed by atoms with E-state index >= 15 is 0 Å². The maximum Gasteiger partial charge on any atom is 0.187 e. The SMILES string of the molecule is c1ccc(N2c3ccc(-c4ccc(N(c5ccc(-c6ccc7ccccc7c6)cc5)c5ccc(-c6ccc7c(c6)oc6ccccc67)c6ccccc56)cc4)cc3C3c4ccccc4OC32)cc1. The van der Waals surface area contributed by atoms with Gasteiger partial charge in [0.2, 0.25) is 0 Å². The van der Waals surface area contributed by atoms with E-state index in [1.165, 1.54) is 49.7 Å². The quantitative estimate of drug-likeness (QED) is 0.160. The summed E-state index contributed by atoms with van der Waals surface area (Å²) in [5, 5.41) is 7.08. The Hall–Kier alpha value is -8.86. The fourth-order valence-electron chi connectivity index (χ4n) is 11.0. The van der Waals surface area contributed by atoms with Crippen LogP contribution >= 0.6 is 0 Å². The first-order chi connectivity index (χ1) is 33.7. The zero-order valence-electron chi connectivity index (χ0n) is 37.0. The minimum atomic E-state index is -0.141. The van der Waals surface area contributed by atoms with Crippen LogP contribution in [0.4, 0.5) is 28.4 Å². The normalized spacial score (nSPS) is 14.9. The number of ether oxygens (including phenoxy) is 1. The minimum Gasteiger partial charge on any atom is -0.469 e. The molecule has 320 valence electrons. The fourth-order valence-corrected chi connectivity index (χ4v) is 11.0. The molecule has 0 amide bonds. The summed E-state index contributed by atoms with van der Waals surface area (Å²) in [6, 6.07) is 87.6. The first-order valence-corrected chi connectivity index (χ1v) is 23.4. The number of para-hydroxylation sites is 3. The second-order valence-electron chi connectivity index (χ2n) is 18.0. The van der Waals surface area contributed by atoms with Gasteiger partial charge in [-0.3, -0.25) is 0 Å².